The number of halogens is 1. The Morgan fingerprint density at radius 3 is 2.60 bits per heavy atom. The van der Waals surface area contributed by atoms with E-state index in [0.717, 1.165) is 4.47 Å². The zero-order valence-electron chi connectivity index (χ0n) is 16.6. The molecule has 0 amide bonds. The van der Waals surface area contributed by atoms with Gasteiger partial charge >= 0.3 is 11.6 Å². The van der Waals surface area contributed by atoms with Crippen molar-refractivity contribution in [3.8, 4) is 0 Å². The van der Waals surface area contributed by atoms with Crippen molar-refractivity contribution in [2.24, 2.45) is 0 Å². The van der Waals surface area contributed by atoms with E-state index in [1.54, 1.807) is 32.0 Å². The third-order valence-corrected chi connectivity index (χ3v) is 7.15. The zero-order chi connectivity index (χ0) is 22.1. The Morgan fingerprint density at radius 1 is 1.17 bits per heavy atom. The lowest BCUT2D eigenvalue weighted by Gasteiger charge is -2.21. The lowest BCUT2D eigenvalue weighted by atomic mass is 10.1. The molecule has 0 spiro atoms. The topological polar surface area (TPSA) is 93.9 Å². The molecule has 0 aliphatic rings. The lowest BCUT2D eigenvalue weighted by molar-refractivity contribution is 0.0473. The van der Waals surface area contributed by atoms with Crippen LogP contribution in [0.1, 0.15) is 29.8 Å². The van der Waals surface area contributed by atoms with Gasteiger partial charge in [-0.2, -0.15) is 4.31 Å². The maximum atomic E-state index is 12.7. The number of esters is 1. The fourth-order valence-electron chi connectivity index (χ4n) is 2.78. The second kappa shape index (κ2) is 8.71. The van der Waals surface area contributed by atoms with Gasteiger partial charge in [-0.15, -0.1) is 0 Å². The first-order valence-corrected chi connectivity index (χ1v) is 11.3. The molecule has 0 aliphatic carbocycles. The third-order valence-electron chi connectivity index (χ3n) is 4.62. The number of sulfonamides is 1. The first kappa shape index (κ1) is 22.2. The Hall–Kier alpha value is -2.49. The monoisotopic (exact) mass is 493 g/mol. The van der Waals surface area contributed by atoms with Gasteiger partial charge in [0.15, 0.2) is 0 Å². The standard InChI is InChI=1S/C21H20BrNO6S/c1-13(2)23(3)30(26,27)17-6-4-5-14(9-17)21(25)28-12-15-10-20(24)29-19-11-16(22)7-8-18(15)19/h4-11,13H,12H2,1-3H3. The maximum Gasteiger partial charge on any atom is 0.338 e. The molecule has 2 aromatic carbocycles. The van der Waals surface area contributed by atoms with Crippen LogP contribution in [0.15, 0.2) is 67.1 Å². The number of carbonyl (C=O) groups excluding carboxylic acids is 1. The summed E-state index contributed by atoms with van der Waals surface area (Å²) in [7, 11) is -2.25. The van der Waals surface area contributed by atoms with Gasteiger partial charge in [0.2, 0.25) is 10.0 Å². The molecule has 0 saturated carbocycles. The molecule has 30 heavy (non-hydrogen) atoms. The van der Waals surface area contributed by atoms with Gasteiger partial charge in [0, 0.05) is 34.6 Å². The van der Waals surface area contributed by atoms with Crippen LogP contribution in [0.3, 0.4) is 0 Å². The summed E-state index contributed by atoms with van der Waals surface area (Å²) in [5.41, 5.74) is 0.401. The normalized spacial score (nSPS) is 11.9. The number of fused-ring (bicyclic) bond motifs is 1. The number of hydrogen-bond donors (Lipinski definition) is 0. The van der Waals surface area contributed by atoms with Crippen molar-refractivity contribution in [3.05, 3.63) is 74.6 Å². The molecule has 0 saturated heterocycles. The number of benzene rings is 2. The maximum absolute atomic E-state index is 12.7. The second-order valence-electron chi connectivity index (χ2n) is 6.95. The summed E-state index contributed by atoms with van der Waals surface area (Å²) < 4.78 is 37.8. The van der Waals surface area contributed by atoms with Gasteiger partial charge in [0.05, 0.1) is 10.5 Å². The van der Waals surface area contributed by atoms with Crippen LogP contribution < -0.4 is 5.63 Å². The number of carbonyl (C=O) groups is 1. The Balaban J connectivity index is 1.85. The summed E-state index contributed by atoms with van der Waals surface area (Å²) in [6, 6.07) is 11.9. The summed E-state index contributed by atoms with van der Waals surface area (Å²) >= 11 is 3.32. The van der Waals surface area contributed by atoms with E-state index in [2.05, 4.69) is 15.9 Å². The molecule has 0 N–H and O–H groups in total. The minimum absolute atomic E-state index is 0.00352. The molecule has 0 bridgehead atoms. The quantitative estimate of drug-likeness (QED) is 0.381. The lowest BCUT2D eigenvalue weighted by Crippen LogP contribution is -2.33. The van der Waals surface area contributed by atoms with Crippen LogP contribution in [0.25, 0.3) is 11.0 Å². The summed E-state index contributed by atoms with van der Waals surface area (Å²) in [5, 5.41) is 0.639. The van der Waals surface area contributed by atoms with E-state index in [9.17, 15) is 18.0 Å². The highest BCUT2D eigenvalue weighted by atomic mass is 79.9. The molecule has 0 atom stereocenters. The predicted molar refractivity (Wildman–Crippen MR) is 116 cm³/mol. The van der Waals surface area contributed by atoms with Crippen LogP contribution in [0.2, 0.25) is 0 Å². The first-order valence-electron chi connectivity index (χ1n) is 9.07. The van der Waals surface area contributed by atoms with E-state index in [1.807, 2.05) is 0 Å². The molecule has 0 aliphatic heterocycles. The average Bonchev–Trinajstić information content (AvgIpc) is 2.70. The van der Waals surface area contributed by atoms with Gasteiger partial charge in [-0.3, -0.25) is 0 Å². The molecule has 9 heteroatoms. The van der Waals surface area contributed by atoms with Gasteiger partial charge in [-0.05, 0) is 50.2 Å². The Bertz CT molecular complexity index is 1270. The van der Waals surface area contributed by atoms with E-state index in [0.29, 0.717) is 16.5 Å². The molecular weight excluding hydrogens is 474 g/mol. The highest BCUT2D eigenvalue weighted by Crippen LogP contribution is 2.23. The van der Waals surface area contributed by atoms with Gasteiger partial charge in [-0.1, -0.05) is 22.0 Å². The van der Waals surface area contributed by atoms with Crippen LogP contribution in [-0.2, 0) is 21.4 Å². The summed E-state index contributed by atoms with van der Waals surface area (Å²) in [4.78, 5) is 24.4. The third kappa shape index (κ3) is 4.63. The largest absolute Gasteiger partial charge is 0.457 e. The van der Waals surface area contributed by atoms with Gasteiger partial charge < -0.3 is 9.15 Å². The summed E-state index contributed by atoms with van der Waals surface area (Å²) in [5.74, 6) is -0.697. The van der Waals surface area contributed by atoms with Crippen LogP contribution in [0, 0.1) is 0 Å². The van der Waals surface area contributed by atoms with Gasteiger partial charge in [0.25, 0.3) is 0 Å². The van der Waals surface area contributed by atoms with E-state index in [-0.39, 0.29) is 23.1 Å². The zero-order valence-corrected chi connectivity index (χ0v) is 19.0. The highest BCUT2D eigenvalue weighted by molar-refractivity contribution is 9.10. The smallest absolute Gasteiger partial charge is 0.338 e. The van der Waals surface area contributed by atoms with Crippen molar-refractivity contribution in [3.63, 3.8) is 0 Å². The van der Waals surface area contributed by atoms with Crippen molar-refractivity contribution in [1.29, 1.82) is 0 Å². The number of nitrogens with zero attached hydrogens (tertiary/aromatic N) is 1. The Morgan fingerprint density at radius 2 is 1.90 bits per heavy atom. The van der Waals surface area contributed by atoms with Crippen molar-refractivity contribution in [1.82, 2.24) is 4.31 Å². The van der Waals surface area contributed by atoms with Crippen molar-refractivity contribution < 1.29 is 22.4 Å². The van der Waals surface area contributed by atoms with Crippen molar-refractivity contribution >= 4 is 42.9 Å². The number of rotatable bonds is 6. The summed E-state index contributed by atoms with van der Waals surface area (Å²) in [6.07, 6.45) is 0. The average molecular weight is 494 g/mol. The van der Waals surface area contributed by atoms with Crippen LogP contribution in [0.5, 0.6) is 0 Å². The molecule has 0 radical (unpaired) electrons. The van der Waals surface area contributed by atoms with E-state index >= 15 is 0 Å². The van der Waals surface area contributed by atoms with Crippen molar-refractivity contribution in [2.45, 2.75) is 31.4 Å². The van der Waals surface area contributed by atoms with Gasteiger partial charge in [-0.25, -0.2) is 18.0 Å². The Kier molecular flexibility index (Phi) is 6.44. The fourth-order valence-corrected chi connectivity index (χ4v) is 4.53. The molecule has 0 fully saturated rings. The highest BCUT2D eigenvalue weighted by Gasteiger charge is 2.24. The molecular formula is C21H20BrNO6S. The van der Waals surface area contributed by atoms with Crippen LogP contribution >= 0.6 is 15.9 Å². The van der Waals surface area contributed by atoms with Crippen molar-refractivity contribution in [2.75, 3.05) is 7.05 Å². The summed E-state index contributed by atoms with van der Waals surface area (Å²) in [6.45, 7) is 3.36. The molecule has 1 heterocycles. The number of ether oxygens (including phenoxy) is 1. The minimum Gasteiger partial charge on any atom is -0.457 e. The van der Waals surface area contributed by atoms with E-state index < -0.39 is 21.6 Å². The second-order valence-corrected chi connectivity index (χ2v) is 9.86. The minimum atomic E-state index is -3.73. The molecule has 158 valence electrons. The Labute approximate surface area is 182 Å². The van der Waals surface area contributed by atoms with Gasteiger partial charge in [0.1, 0.15) is 12.2 Å². The van der Waals surface area contributed by atoms with Crippen LogP contribution in [0.4, 0.5) is 0 Å². The molecule has 3 rings (SSSR count). The van der Waals surface area contributed by atoms with Crippen LogP contribution in [-0.4, -0.2) is 31.8 Å². The molecule has 1 aromatic heterocycles. The molecule has 7 nitrogen and oxygen atoms in total. The predicted octanol–water partition coefficient (Wildman–Crippen LogP) is 3.94. The number of hydrogen-bond acceptors (Lipinski definition) is 6. The fraction of sp³-hybridized carbons (Fsp3) is 0.238. The van der Waals surface area contributed by atoms with E-state index in [4.69, 9.17) is 9.15 Å². The molecule has 3 aromatic rings. The molecule has 0 unspecified atom stereocenters. The first-order chi connectivity index (χ1) is 14.1. The SMILES string of the molecule is CC(C)N(C)S(=O)(=O)c1cccc(C(=O)OCc2cc(=O)oc3cc(Br)ccc23)c1. The van der Waals surface area contributed by atoms with E-state index in [1.165, 1.54) is 41.7 Å².